The van der Waals surface area contributed by atoms with Gasteiger partial charge < -0.3 is 10.1 Å². The predicted octanol–water partition coefficient (Wildman–Crippen LogP) is 5.26. The van der Waals surface area contributed by atoms with Crippen LogP contribution in [-0.2, 0) is 0 Å². The lowest BCUT2D eigenvalue weighted by atomic mass is 9.99. The molecule has 1 saturated carbocycles. The highest BCUT2D eigenvalue weighted by Gasteiger charge is 2.33. The monoisotopic (exact) mass is 359 g/mol. The van der Waals surface area contributed by atoms with E-state index in [1.165, 1.54) is 24.0 Å². The molecule has 0 bridgehead atoms. The van der Waals surface area contributed by atoms with Crippen molar-refractivity contribution < 1.29 is 4.74 Å². The van der Waals surface area contributed by atoms with Gasteiger partial charge in [0.05, 0.1) is 11.6 Å². The zero-order valence-corrected chi connectivity index (χ0v) is 14.6. The summed E-state index contributed by atoms with van der Waals surface area (Å²) in [5.41, 5.74) is 2.67. The molecular formula is C19H22BrNO. The van der Waals surface area contributed by atoms with Gasteiger partial charge in [-0.05, 0) is 64.9 Å². The fraction of sp³-hybridized carbons (Fsp3) is 0.368. The summed E-state index contributed by atoms with van der Waals surface area (Å²) in [5, 5.41) is 3.81. The molecular weight excluding hydrogens is 338 g/mol. The lowest BCUT2D eigenvalue weighted by Crippen LogP contribution is -2.26. The first-order valence-corrected chi connectivity index (χ1v) is 8.62. The second kappa shape index (κ2) is 6.84. The van der Waals surface area contributed by atoms with Crippen LogP contribution in [0.3, 0.4) is 0 Å². The van der Waals surface area contributed by atoms with Crippen molar-refractivity contribution in [3.8, 4) is 5.75 Å². The lowest BCUT2D eigenvalue weighted by molar-refractivity contribution is 0.409. The van der Waals surface area contributed by atoms with Crippen molar-refractivity contribution in [1.29, 1.82) is 0 Å². The van der Waals surface area contributed by atoms with E-state index < -0.39 is 0 Å². The molecule has 1 aliphatic rings. The van der Waals surface area contributed by atoms with Crippen LogP contribution in [0.15, 0.2) is 53.0 Å². The number of nitrogens with one attached hydrogen (secondary N) is 1. The van der Waals surface area contributed by atoms with Gasteiger partial charge in [0.1, 0.15) is 5.75 Å². The fourth-order valence-corrected chi connectivity index (χ4v) is 3.47. The quantitative estimate of drug-likeness (QED) is 0.759. The topological polar surface area (TPSA) is 21.3 Å². The molecule has 0 heterocycles. The van der Waals surface area contributed by atoms with E-state index >= 15 is 0 Å². The molecule has 0 aromatic heterocycles. The van der Waals surface area contributed by atoms with Crippen molar-refractivity contribution in [1.82, 2.24) is 5.32 Å². The molecule has 1 N–H and O–H groups in total. The molecule has 0 radical (unpaired) electrons. The molecule has 0 amide bonds. The van der Waals surface area contributed by atoms with Crippen LogP contribution < -0.4 is 10.1 Å². The van der Waals surface area contributed by atoms with Crippen LogP contribution in [0, 0.1) is 5.92 Å². The van der Waals surface area contributed by atoms with Gasteiger partial charge in [-0.15, -0.1) is 0 Å². The van der Waals surface area contributed by atoms with Crippen LogP contribution in [0.25, 0.3) is 0 Å². The molecule has 2 aromatic rings. The van der Waals surface area contributed by atoms with Gasteiger partial charge in [0.15, 0.2) is 0 Å². The van der Waals surface area contributed by atoms with Gasteiger partial charge in [-0.3, -0.25) is 0 Å². The molecule has 3 heteroatoms. The molecule has 1 fully saturated rings. The predicted molar refractivity (Wildman–Crippen MR) is 94.2 cm³/mol. The third kappa shape index (κ3) is 3.53. The number of hydrogen-bond acceptors (Lipinski definition) is 2. The Bertz CT molecular complexity index is 625. The molecule has 2 nitrogen and oxygen atoms in total. The number of ether oxygens (including phenoxy) is 1. The zero-order valence-electron chi connectivity index (χ0n) is 13.1. The highest BCUT2D eigenvalue weighted by molar-refractivity contribution is 9.10. The first-order chi connectivity index (χ1) is 10.7. The summed E-state index contributed by atoms with van der Waals surface area (Å²) in [6, 6.07) is 17.8. The van der Waals surface area contributed by atoms with Crippen molar-refractivity contribution in [2.75, 3.05) is 7.11 Å². The lowest BCUT2D eigenvalue weighted by Gasteiger charge is -2.24. The first kappa shape index (κ1) is 15.6. The molecule has 1 aliphatic carbocycles. The van der Waals surface area contributed by atoms with E-state index in [9.17, 15) is 0 Å². The number of hydrogen-bond donors (Lipinski definition) is 1. The van der Waals surface area contributed by atoms with Crippen molar-refractivity contribution in [2.24, 2.45) is 5.92 Å². The summed E-state index contributed by atoms with van der Waals surface area (Å²) in [4.78, 5) is 0. The molecule has 2 unspecified atom stereocenters. The van der Waals surface area contributed by atoms with Crippen LogP contribution in [-0.4, -0.2) is 7.11 Å². The van der Waals surface area contributed by atoms with Gasteiger partial charge in [-0.1, -0.05) is 36.4 Å². The molecule has 0 spiro atoms. The van der Waals surface area contributed by atoms with E-state index in [4.69, 9.17) is 4.74 Å². The van der Waals surface area contributed by atoms with E-state index in [1.54, 1.807) is 7.11 Å². The zero-order chi connectivity index (χ0) is 15.5. The Morgan fingerprint density at radius 1 is 1.09 bits per heavy atom. The maximum Gasteiger partial charge on any atom is 0.133 e. The minimum absolute atomic E-state index is 0.299. The molecule has 2 atom stereocenters. The van der Waals surface area contributed by atoms with Crippen molar-refractivity contribution in [3.63, 3.8) is 0 Å². The smallest absolute Gasteiger partial charge is 0.133 e. The van der Waals surface area contributed by atoms with Gasteiger partial charge in [0.2, 0.25) is 0 Å². The maximum absolute atomic E-state index is 5.31. The van der Waals surface area contributed by atoms with Crippen molar-refractivity contribution in [2.45, 2.75) is 31.8 Å². The van der Waals surface area contributed by atoms with Crippen molar-refractivity contribution in [3.05, 3.63) is 64.1 Å². The Hall–Kier alpha value is -1.32. The third-order valence-corrected chi connectivity index (χ3v) is 4.98. The summed E-state index contributed by atoms with van der Waals surface area (Å²) < 4.78 is 6.31. The summed E-state index contributed by atoms with van der Waals surface area (Å²) in [6.45, 7) is 2.23. The SMILES string of the molecule is COc1ccc(C(C)NC(c2ccccc2)C2CC2)cc1Br. The number of rotatable bonds is 6. The number of halogens is 1. The molecule has 116 valence electrons. The van der Waals surface area contributed by atoms with E-state index in [-0.39, 0.29) is 0 Å². The standard InChI is InChI=1S/C19H22BrNO/c1-13(16-10-11-18(22-2)17(20)12-16)21-19(15-8-9-15)14-6-4-3-5-7-14/h3-7,10-13,15,19,21H,8-9H2,1-2H3. The van der Waals surface area contributed by atoms with Crippen LogP contribution >= 0.6 is 15.9 Å². The second-order valence-corrected chi connectivity index (χ2v) is 6.86. The first-order valence-electron chi connectivity index (χ1n) is 7.83. The molecule has 0 aliphatic heterocycles. The molecule has 2 aromatic carbocycles. The minimum atomic E-state index is 0.299. The summed E-state index contributed by atoms with van der Waals surface area (Å²) in [6.07, 6.45) is 2.65. The Balaban J connectivity index is 1.77. The average molecular weight is 360 g/mol. The van der Waals surface area contributed by atoms with Gasteiger partial charge in [0, 0.05) is 12.1 Å². The Morgan fingerprint density at radius 2 is 1.82 bits per heavy atom. The second-order valence-electron chi connectivity index (χ2n) is 6.01. The normalized spacial score (nSPS) is 17.0. The Morgan fingerprint density at radius 3 is 2.41 bits per heavy atom. The van der Waals surface area contributed by atoms with Gasteiger partial charge >= 0.3 is 0 Å². The van der Waals surface area contributed by atoms with Gasteiger partial charge in [0.25, 0.3) is 0 Å². The van der Waals surface area contributed by atoms with Crippen molar-refractivity contribution >= 4 is 15.9 Å². The van der Waals surface area contributed by atoms with Gasteiger partial charge in [-0.2, -0.15) is 0 Å². The Labute approximate surface area is 141 Å². The molecule has 0 saturated heterocycles. The molecule has 22 heavy (non-hydrogen) atoms. The maximum atomic E-state index is 5.31. The largest absolute Gasteiger partial charge is 0.496 e. The highest BCUT2D eigenvalue weighted by atomic mass is 79.9. The molecule has 3 rings (SSSR count). The average Bonchev–Trinajstić information content (AvgIpc) is 3.38. The van der Waals surface area contributed by atoms with Crippen LogP contribution in [0.4, 0.5) is 0 Å². The number of benzene rings is 2. The van der Waals surface area contributed by atoms with Crippen LogP contribution in [0.5, 0.6) is 5.75 Å². The van der Waals surface area contributed by atoms with Crippen LogP contribution in [0.1, 0.15) is 43.0 Å². The van der Waals surface area contributed by atoms with E-state index in [0.717, 1.165) is 16.1 Å². The van der Waals surface area contributed by atoms with Gasteiger partial charge in [-0.25, -0.2) is 0 Å². The fourth-order valence-electron chi connectivity index (χ4n) is 2.91. The van der Waals surface area contributed by atoms with E-state index in [0.29, 0.717) is 12.1 Å². The number of methoxy groups -OCH3 is 1. The highest BCUT2D eigenvalue weighted by Crippen LogP contribution is 2.42. The van der Waals surface area contributed by atoms with E-state index in [2.05, 4.69) is 70.6 Å². The minimum Gasteiger partial charge on any atom is -0.496 e. The van der Waals surface area contributed by atoms with Crippen LogP contribution in [0.2, 0.25) is 0 Å². The summed E-state index contributed by atoms with van der Waals surface area (Å²) in [5.74, 6) is 1.64. The van der Waals surface area contributed by atoms with E-state index in [1.807, 2.05) is 6.07 Å². The summed E-state index contributed by atoms with van der Waals surface area (Å²) in [7, 11) is 1.69. The summed E-state index contributed by atoms with van der Waals surface area (Å²) >= 11 is 3.58. The third-order valence-electron chi connectivity index (χ3n) is 4.36. The Kier molecular flexibility index (Phi) is 4.84.